The molecule has 0 amide bonds. The third kappa shape index (κ3) is 3.89. The fourth-order valence-electron chi connectivity index (χ4n) is 9.86. The molecule has 5 nitrogen and oxygen atoms in total. The normalized spacial score (nSPS) is 12.5. The van der Waals surface area contributed by atoms with E-state index in [4.69, 9.17) is 14.4 Å². The first-order valence-electron chi connectivity index (χ1n) is 19.6. The molecule has 14 rings (SSSR count). The molecule has 6 heteroatoms. The van der Waals surface area contributed by atoms with Crippen molar-refractivity contribution in [1.29, 1.82) is 0 Å². The monoisotopic (exact) mass is 756 g/mol. The van der Waals surface area contributed by atoms with E-state index in [1.807, 2.05) is 12.1 Å². The standard InChI is InChI=1S/C52H28N4OS/c1-2-14-30-29(13-1)31-15-3-7-23-41(31)55-43-27-39-32-16-4-8-24-42(32)56(44(39)28-40(43)35-20-11-19-34(30)49(35)55)51-47(54-52-48(53-51)37-18-6-10-26-46(37)58-52)38-22-12-21-36-33-17-5-9-25-45(33)57-50(36)38/h1-28H. The summed E-state index contributed by atoms with van der Waals surface area (Å²) in [5.74, 6) is 0.777. The molecule has 0 fully saturated rings. The van der Waals surface area contributed by atoms with E-state index >= 15 is 0 Å². The van der Waals surface area contributed by atoms with Crippen molar-refractivity contribution in [3.8, 4) is 45.0 Å². The van der Waals surface area contributed by atoms with Crippen LogP contribution in [-0.2, 0) is 0 Å². The Bertz CT molecular complexity index is 3940. The van der Waals surface area contributed by atoms with E-state index in [2.05, 4.69) is 167 Å². The Balaban J connectivity index is 1.15. The number of nitrogens with zero attached hydrogens (tertiary/aromatic N) is 4. The summed E-state index contributed by atoms with van der Waals surface area (Å²) in [5, 5.41) is 7.99. The van der Waals surface area contributed by atoms with Crippen LogP contribution in [-0.4, -0.2) is 19.1 Å². The highest BCUT2D eigenvalue weighted by Crippen LogP contribution is 2.49. The van der Waals surface area contributed by atoms with E-state index < -0.39 is 0 Å². The number of furan rings is 1. The van der Waals surface area contributed by atoms with Crippen LogP contribution >= 0.6 is 11.3 Å². The molecule has 0 saturated carbocycles. The highest BCUT2D eigenvalue weighted by molar-refractivity contribution is 7.25. The van der Waals surface area contributed by atoms with Gasteiger partial charge >= 0.3 is 0 Å². The fourth-order valence-corrected chi connectivity index (χ4v) is 10.9. The zero-order valence-electron chi connectivity index (χ0n) is 30.8. The number of hydrogen-bond donors (Lipinski definition) is 0. The smallest absolute Gasteiger partial charge is 0.165 e. The molecular weight excluding hydrogens is 729 g/mol. The Hall–Kier alpha value is -7.54. The summed E-state index contributed by atoms with van der Waals surface area (Å²) in [7, 11) is 0. The van der Waals surface area contributed by atoms with Gasteiger partial charge in [-0.2, -0.15) is 0 Å². The van der Waals surface area contributed by atoms with E-state index in [0.29, 0.717) is 0 Å². The van der Waals surface area contributed by atoms with E-state index in [9.17, 15) is 0 Å². The minimum Gasteiger partial charge on any atom is -0.455 e. The lowest BCUT2D eigenvalue weighted by Crippen LogP contribution is -2.03. The van der Waals surface area contributed by atoms with Gasteiger partial charge < -0.3 is 8.98 Å². The lowest BCUT2D eigenvalue weighted by molar-refractivity contribution is 0.669. The zero-order valence-corrected chi connectivity index (χ0v) is 31.6. The maximum absolute atomic E-state index is 6.68. The molecule has 0 aliphatic carbocycles. The van der Waals surface area contributed by atoms with Gasteiger partial charge in [0.2, 0.25) is 0 Å². The molecule has 6 heterocycles. The van der Waals surface area contributed by atoms with E-state index in [-0.39, 0.29) is 0 Å². The fraction of sp³-hybridized carbons (Fsp3) is 0. The van der Waals surface area contributed by atoms with Crippen molar-refractivity contribution < 1.29 is 4.42 Å². The van der Waals surface area contributed by atoms with Crippen LogP contribution in [0, 0.1) is 0 Å². The van der Waals surface area contributed by atoms with Crippen molar-refractivity contribution in [3.05, 3.63) is 170 Å². The Morgan fingerprint density at radius 1 is 0.431 bits per heavy atom. The number of hydrogen-bond acceptors (Lipinski definition) is 4. The summed E-state index contributed by atoms with van der Waals surface area (Å²) in [6.45, 7) is 0. The van der Waals surface area contributed by atoms with Gasteiger partial charge in [-0.25, -0.2) is 9.97 Å². The van der Waals surface area contributed by atoms with Gasteiger partial charge in [0, 0.05) is 59.1 Å². The molecule has 5 aromatic heterocycles. The molecule has 0 bridgehead atoms. The van der Waals surface area contributed by atoms with E-state index in [1.165, 1.54) is 54.4 Å². The molecule has 1 aliphatic rings. The first kappa shape index (κ1) is 30.7. The van der Waals surface area contributed by atoms with Gasteiger partial charge in [-0.15, -0.1) is 11.3 Å². The summed E-state index contributed by atoms with van der Waals surface area (Å²) in [6, 6.07) is 61.1. The maximum Gasteiger partial charge on any atom is 0.165 e. The molecule has 268 valence electrons. The van der Waals surface area contributed by atoms with Crippen LogP contribution in [0.5, 0.6) is 0 Å². The second-order valence-electron chi connectivity index (χ2n) is 15.3. The van der Waals surface area contributed by atoms with Crippen molar-refractivity contribution in [3.63, 3.8) is 0 Å². The van der Waals surface area contributed by atoms with Gasteiger partial charge in [-0.3, -0.25) is 4.57 Å². The molecule has 13 aromatic rings. The highest BCUT2D eigenvalue weighted by Gasteiger charge is 2.27. The molecule has 58 heavy (non-hydrogen) atoms. The van der Waals surface area contributed by atoms with Gasteiger partial charge in [0.25, 0.3) is 0 Å². The van der Waals surface area contributed by atoms with Crippen molar-refractivity contribution in [1.82, 2.24) is 19.1 Å². The van der Waals surface area contributed by atoms with Crippen molar-refractivity contribution in [2.75, 3.05) is 0 Å². The molecule has 0 spiro atoms. The minimum absolute atomic E-state index is 0.777. The Morgan fingerprint density at radius 3 is 1.93 bits per heavy atom. The zero-order chi connectivity index (χ0) is 37.6. The number of fused-ring (bicyclic) bond motifs is 17. The predicted octanol–water partition coefficient (Wildman–Crippen LogP) is 14.3. The maximum atomic E-state index is 6.68. The van der Waals surface area contributed by atoms with Gasteiger partial charge in [-0.05, 0) is 53.6 Å². The lowest BCUT2D eigenvalue weighted by atomic mass is 9.94. The first-order chi connectivity index (χ1) is 28.8. The van der Waals surface area contributed by atoms with E-state index in [1.54, 1.807) is 11.3 Å². The average Bonchev–Trinajstić information content (AvgIpc) is 4.00. The van der Waals surface area contributed by atoms with Crippen LogP contribution in [0.4, 0.5) is 0 Å². The minimum atomic E-state index is 0.777. The van der Waals surface area contributed by atoms with Crippen LogP contribution in [0.15, 0.2) is 174 Å². The second kappa shape index (κ2) is 11.1. The Kier molecular flexibility index (Phi) is 5.85. The van der Waals surface area contributed by atoms with Crippen LogP contribution in [0.1, 0.15) is 0 Å². The van der Waals surface area contributed by atoms with Crippen molar-refractivity contribution in [2.45, 2.75) is 0 Å². The summed E-state index contributed by atoms with van der Waals surface area (Å²) >= 11 is 1.68. The van der Waals surface area contributed by atoms with Gasteiger partial charge in [0.15, 0.2) is 5.82 Å². The topological polar surface area (TPSA) is 48.8 Å². The number of benzene rings is 8. The van der Waals surface area contributed by atoms with Gasteiger partial charge in [0.1, 0.15) is 27.2 Å². The lowest BCUT2D eigenvalue weighted by Gasteiger charge is -2.14. The van der Waals surface area contributed by atoms with Crippen molar-refractivity contribution in [2.24, 2.45) is 0 Å². The summed E-state index contributed by atoms with van der Waals surface area (Å²) in [6.07, 6.45) is 0. The molecule has 0 atom stereocenters. The summed E-state index contributed by atoms with van der Waals surface area (Å²) < 4.78 is 12.7. The number of rotatable bonds is 2. The number of para-hydroxylation sites is 5. The molecule has 1 aliphatic heterocycles. The van der Waals surface area contributed by atoms with E-state index in [0.717, 1.165) is 76.6 Å². The molecular formula is C52H28N4OS. The number of aromatic nitrogens is 4. The van der Waals surface area contributed by atoms with Gasteiger partial charge in [0.05, 0.1) is 27.8 Å². The van der Waals surface area contributed by atoms with Crippen LogP contribution in [0.2, 0.25) is 0 Å². The Labute approximate surface area is 334 Å². The highest BCUT2D eigenvalue weighted by atomic mass is 32.1. The Morgan fingerprint density at radius 2 is 1.05 bits per heavy atom. The number of thiophene rings is 1. The largest absolute Gasteiger partial charge is 0.455 e. The summed E-state index contributed by atoms with van der Waals surface area (Å²) in [4.78, 5) is 12.1. The first-order valence-corrected chi connectivity index (χ1v) is 20.4. The quantitative estimate of drug-likeness (QED) is 0.176. The van der Waals surface area contributed by atoms with Crippen LogP contribution in [0.3, 0.4) is 0 Å². The average molecular weight is 757 g/mol. The second-order valence-corrected chi connectivity index (χ2v) is 16.3. The third-order valence-electron chi connectivity index (χ3n) is 12.3. The molecule has 0 unspecified atom stereocenters. The van der Waals surface area contributed by atoms with Crippen LogP contribution in [0.25, 0.3) is 131 Å². The van der Waals surface area contributed by atoms with Crippen LogP contribution < -0.4 is 0 Å². The predicted molar refractivity (Wildman–Crippen MR) is 241 cm³/mol. The summed E-state index contributed by atoms with van der Waals surface area (Å²) in [5.41, 5.74) is 15.0. The molecule has 0 radical (unpaired) electrons. The molecule has 0 saturated heterocycles. The third-order valence-corrected chi connectivity index (χ3v) is 13.4. The van der Waals surface area contributed by atoms with Crippen molar-refractivity contribution >= 4 is 97.3 Å². The SMILES string of the molecule is c1ccc2c(c1)-c1ccccc1-n1c3cc4c5ccccc5n(-c5nc6c(nc5-c5cccc7c5oc5ccccc57)sc5ccccc56)c4cc3c3cccc-2c31. The molecule has 0 N–H and O–H groups in total. The molecule has 8 aromatic carbocycles. The van der Waals surface area contributed by atoms with Gasteiger partial charge in [-0.1, -0.05) is 127 Å².